The highest BCUT2D eigenvalue weighted by atomic mass is 79.9. The van der Waals surface area contributed by atoms with E-state index in [0.29, 0.717) is 22.9 Å². The van der Waals surface area contributed by atoms with E-state index in [1.807, 2.05) is 6.07 Å². The van der Waals surface area contributed by atoms with Gasteiger partial charge < -0.3 is 10.5 Å². The van der Waals surface area contributed by atoms with Gasteiger partial charge in [-0.25, -0.2) is 0 Å². The summed E-state index contributed by atoms with van der Waals surface area (Å²) >= 11 is 9.38. The summed E-state index contributed by atoms with van der Waals surface area (Å²) in [6.07, 6.45) is 0. The molecule has 1 amide bonds. The Labute approximate surface area is 124 Å². The molecule has 0 atom stereocenters. The number of rotatable bonds is 4. The molecule has 0 saturated carbocycles. The monoisotopic (exact) mass is 339 g/mol. The third kappa shape index (κ3) is 3.72. The summed E-state index contributed by atoms with van der Waals surface area (Å²) in [6, 6.07) is 12.4. The average molecular weight is 341 g/mol. The van der Waals surface area contributed by atoms with Gasteiger partial charge in [-0.15, -0.1) is 0 Å². The van der Waals surface area contributed by atoms with Gasteiger partial charge in [0.2, 0.25) is 5.91 Å². The molecule has 2 rings (SSSR count). The van der Waals surface area contributed by atoms with Gasteiger partial charge >= 0.3 is 0 Å². The summed E-state index contributed by atoms with van der Waals surface area (Å²) in [4.78, 5) is 10.9. The summed E-state index contributed by atoms with van der Waals surface area (Å²) < 4.78 is 6.51. The number of halogens is 2. The Hall–Kier alpha value is -1.52. The highest BCUT2D eigenvalue weighted by Crippen LogP contribution is 2.28. The molecule has 0 aliphatic rings. The number of nitrogens with two attached hydrogens (primary N) is 1. The molecular formula is C14H11BrClNO2. The van der Waals surface area contributed by atoms with Crippen LogP contribution in [0.15, 0.2) is 46.9 Å². The maximum atomic E-state index is 10.9. The molecule has 0 radical (unpaired) electrons. The first-order chi connectivity index (χ1) is 9.06. The summed E-state index contributed by atoms with van der Waals surface area (Å²) in [5, 5.41) is 0.545. The van der Waals surface area contributed by atoms with E-state index in [2.05, 4.69) is 15.9 Å². The van der Waals surface area contributed by atoms with Gasteiger partial charge in [0.25, 0.3) is 0 Å². The fourth-order valence-electron chi connectivity index (χ4n) is 1.52. The summed E-state index contributed by atoms with van der Waals surface area (Å²) in [7, 11) is 0. The van der Waals surface area contributed by atoms with E-state index in [9.17, 15) is 4.79 Å². The second-order valence-corrected chi connectivity index (χ2v) is 5.25. The van der Waals surface area contributed by atoms with Crippen molar-refractivity contribution >= 4 is 33.4 Å². The number of amides is 1. The molecule has 5 heteroatoms. The maximum absolute atomic E-state index is 10.9. The predicted molar refractivity (Wildman–Crippen MR) is 78.4 cm³/mol. The first-order valence-corrected chi connectivity index (χ1v) is 6.70. The van der Waals surface area contributed by atoms with Gasteiger partial charge in [-0.3, -0.25) is 4.79 Å². The molecule has 0 heterocycles. The second kappa shape index (κ2) is 6.08. The van der Waals surface area contributed by atoms with Crippen LogP contribution >= 0.6 is 27.5 Å². The SMILES string of the molecule is NC(=O)c1ccc(COc2ccc(Br)cc2Cl)cc1. The molecule has 0 aliphatic carbocycles. The predicted octanol–water partition coefficient (Wildman–Crippen LogP) is 3.78. The van der Waals surface area contributed by atoms with Crippen LogP contribution in [0.2, 0.25) is 5.02 Å². The molecule has 0 bridgehead atoms. The van der Waals surface area contributed by atoms with Crippen molar-refractivity contribution in [1.29, 1.82) is 0 Å². The molecular weight excluding hydrogens is 330 g/mol. The van der Waals surface area contributed by atoms with Crippen LogP contribution in [0.5, 0.6) is 5.75 Å². The molecule has 0 unspecified atom stereocenters. The third-order valence-corrected chi connectivity index (χ3v) is 3.32. The summed E-state index contributed by atoms with van der Waals surface area (Å²) in [5.74, 6) is 0.173. The van der Waals surface area contributed by atoms with E-state index in [1.165, 1.54) is 0 Å². The minimum Gasteiger partial charge on any atom is -0.487 e. The van der Waals surface area contributed by atoms with Crippen molar-refractivity contribution in [2.75, 3.05) is 0 Å². The number of hydrogen-bond acceptors (Lipinski definition) is 2. The smallest absolute Gasteiger partial charge is 0.248 e. The number of primary amides is 1. The third-order valence-electron chi connectivity index (χ3n) is 2.53. The van der Waals surface area contributed by atoms with Crippen LogP contribution in [-0.4, -0.2) is 5.91 Å². The van der Waals surface area contributed by atoms with Gasteiger partial charge in [-0.05, 0) is 35.9 Å². The normalized spacial score (nSPS) is 10.2. The van der Waals surface area contributed by atoms with Crippen LogP contribution in [0.3, 0.4) is 0 Å². The molecule has 0 saturated heterocycles. The standard InChI is InChI=1S/C14H11BrClNO2/c15-11-5-6-13(12(16)7-11)19-8-9-1-3-10(4-2-9)14(17)18/h1-7H,8H2,(H2,17,18). The Morgan fingerprint density at radius 1 is 1.21 bits per heavy atom. The van der Waals surface area contributed by atoms with Gasteiger partial charge in [0.1, 0.15) is 12.4 Å². The summed E-state index contributed by atoms with van der Waals surface area (Å²) in [5.41, 5.74) is 6.58. The molecule has 0 fully saturated rings. The molecule has 2 aromatic carbocycles. The number of hydrogen-bond donors (Lipinski definition) is 1. The zero-order valence-corrected chi connectivity index (χ0v) is 12.2. The number of ether oxygens (including phenoxy) is 1. The number of benzene rings is 2. The van der Waals surface area contributed by atoms with E-state index < -0.39 is 5.91 Å². The fourth-order valence-corrected chi connectivity index (χ4v) is 2.25. The van der Waals surface area contributed by atoms with Crippen molar-refractivity contribution in [3.8, 4) is 5.75 Å². The number of carbonyl (C=O) groups excluding carboxylic acids is 1. The molecule has 0 aliphatic heterocycles. The van der Waals surface area contributed by atoms with Crippen LogP contribution in [0.25, 0.3) is 0 Å². The second-order valence-electron chi connectivity index (χ2n) is 3.92. The van der Waals surface area contributed by atoms with E-state index in [-0.39, 0.29) is 0 Å². The molecule has 3 nitrogen and oxygen atoms in total. The maximum Gasteiger partial charge on any atom is 0.248 e. The van der Waals surface area contributed by atoms with Crippen LogP contribution < -0.4 is 10.5 Å². The van der Waals surface area contributed by atoms with Gasteiger partial charge in [0.05, 0.1) is 5.02 Å². The lowest BCUT2D eigenvalue weighted by Crippen LogP contribution is -2.10. The minimum absolute atomic E-state index is 0.375. The molecule has 2 N–H and O–H groups in total. The van der Waals surface area contributed by atoms with E-state index >= 15 is 0 Å². The quantitative estimate of drug-likeness (QED) is 0.921. The molecule has 0 spiro atoms. The zero-order valence-electron chi connectivity index (χ0n) is 9.90. The van der Waals surface area contributed by atoms with Crippen molar-refractivity contribution in [3.05, 3.63) is 63.1 Å². The summed E-state index contributed by atoms with van der Waals surface area (Å²) in [6.45, 7) is 0.375. The van der Waals surface area contributed by atoms with Crippen LogP contribution in [0.4, 0.5) is 0 Å². The van der Waals surface area contributed by atoms with Crippen molar-refractivity contribution in [3.63, 3.8) is 0 Å². The number of carbonyl (C=O) groups is 1. The Kier molecular flexibility index (Phi) is 4.45. The first kappa shape index (κ1) is 13.9. The first-order valence-electron chi connectivity index (χ1n) is 5.53. The topological polar surface area (TPSA) is 52.3 Å². The van der Waals surface area contributed by atoms with Crippen molar-refractivity contribution in [1.82, 2.24) is 0 Å². The van der Waals surface area contributed by atoms with Crippen molar-refractivity contribution < 1.29 is 9.53 Å². The van der Waals surface area contributed by atoms with E-state index in [0.717, 1.165) is 10.0 Å². The molecule has 98 valence electrons. The highest BCUT2D eigenvalue weighted by molar-refractivity contribution is 9.10. The molecule has 2 aromatic rings. The van der Waals surface area contributed by atoms with Crippen LogP contribution in [0.1, 0.15) is 15.9 Å². The highest BCUT2D eigenvalue weighted by Gasteiger charge is 2.04. The minimum atomic E-state index is -0.441. The lowest BCUT2D eigenvalue weighted by Gasteiger charge is -2.08. The van der Waals surface area contributed by atoms with Gasteiger partial charge in [-0.2, -0.15) is 0 Å². The molecule has 19 heavy (non-hydrogen) atoms. The fraction of sp³-hybridized carbons (Fsp3) is 0.0714. The van der Waals surface area contributed by atoms with Crippen molar-refractivity contribution in [2.45, 2.75) is 6.61 Å². The Morgan fingerprint density at radius 2 is 1.89 bits per heavy atom. The average Bonchev–Trinajstić information content (AvgIpc) is 2.38. The Bertz CT molecular complexity index is 599. The Balaban J connectivity index is 2.04. The van der Waals surface area contributed by atoms with Gasteiger partial charge in [0, 0.05) is 10.0 Å². The van der Waals surface area contributed by atoms with E-state index in [1.54, 1.807) is 36.4 Å². The van der Waals surface area contributed by atoms with Crippen LogP contribution in [0, 0.1) is 0 Å². The van der Waals surface area contributed by atoms with Crippen molar-refractivity contribution in [2.24, 2.45) is 5.73 Å². The van der Waals surface area contributed by atoms with Gasteiger partial charge in [-0.1, -0.05) is 39.7 Å². The van der Waals surface area contributed by atoms with Crippen LogP contribution in [-0.2, 0) is 6.61 Å². The zero-order chi connectivity index (χ0) is 13.8. The van der Waals surface area contributed by atoms with E-state index in [4.69, 9.17) is 22.1 Å². The molecule has 0 aromatic heterocycles. The lowest BCUT2D eigenvalue weighted by atomic mass is 10.1. The largest absolute Gasteiger partial charge is 0.487 e. The Morgan fingerprint density at radius 3 is 2.47 bits per heavy atom. The lowest BCUT2D eigenvalue weighted by molar-refractivity contribution is 0.1000. The van der Waals surface area contributed by atoms with Gasteiger partial charge in [0.15, 0.2) is 0 Å².